The molecule has 0 aromatic heterocycles. The number of rotatable bonds is 3. The molecule has 0 radical (unpaired) electrons. The smallest absolute Gasteiger partial charge is 0.228 e. The maximum absolute atomic E-state index is 13.5. The second-order valence-electron chi connectivity index (χ2n) is 4.10. The second kappa shape index (κ2) is 6.09. The average Bonchev–Trinajstić information content (AvgIpc) is 2.33. The van der Waals surface area contributed by atoms with Crippen molar-refractivity contribution < 1.29 is 18.0 Å². The molecule has 0 heterocycles. The molecule has 1 N–H and O–H groups in total. The number of benzene rings is 2. The van der Waals surface area contributed by atoms with Crippen molar-refractivity contribution in [3.05, 3.63) is 63.9 Å². The number of hydrogen-bond donors (Lipinski definition) is 1. The van der Waals surface area contributed by atoms with Crippen LogP contribution in [0, 0.1) is 17.5 Å². The zero-order chi connectivity index (χ0) is 14.7. The van der Waals surface area contributed by atoms with E-state index in [2.05, 4.69) is 21.2 Å². The highest BCUT2D eigenvalue weighted by atomic mass is 79.9. The highest BCUT2D eigenvalue weighted by molar-refractivity contribution is 9.10. The van der Waals surface area contributed by atoms with Crippen LogP contribution in [0.25, 0.3) is 0 Å². The highest BCUT2D eigenvalue weighted by Crippen LogP contribution is 2.23. The normalized spacial score (nSPS) is 10.4. The molecule has 2 rings (SSSR count). The van der Waals surface area contributed by atoms with E-state index >= 15 is 0 Å². The molecule has 0 saturated heterocycles. The molecule has 0 saturated carbocycles. The van der Waals surface area contributed by atoms with Crippen molar-refractivity contribution in [1.29, 1.82) is 0 Å². The van der Waals surface area contributed by atoms with Gasteiger partial charge in [-0.2, -0.15) is 0 Å². The highest BCUT2D eigenvalue weighted by Gasteiger charge is 2.14. The van der Waals surface area contributed by atoms with Crippen LogP contribution in [-0.4, -0.2) is 5.91 Å². The third kappa shape index (κ3) is 3.60. The summed E-state index contributed by atoms with van der Waals surface area (Å²) in [6.07, 6.45) is -0.174. The summed E-state index contributed by atoms with van der Waals surface area (Å²) < 4.78 is 40.3. The third-order valence-corrected chi connectivity index (χ3v) is 2.98. The molecule has 0 atom stereocenters. The van der Waals surface area contributed by atoms with Crippen molar-refractivity contribution in [2.45, 2.75) is 6.42 Å². The molecule has 0 bridgehead atoms. The van der Waals surface area contributed by atoms with Gasteiger partial charge in [0.2, 0.25) is 5.91 Å². The maximum Gasteiger partial charge on any atom is 0.228 e. The van der Waals surface area contributed by atoms with E-state index in [1.165, 1.54) is 18.2 Å². The Kier molecular flexibility index (Phi) is 4.44. The fourth-order valence-corrected chi connectivity index (χ4v) is 2.08. The first-order valence-corrected chi connectivity index (χ1v) is 6.44. The van der Waals surface area contributed by atoms with E-state index in [0.29, 0.717) is 5.56 Å². The van der Waals surface area contributed by atoms with Crippen molar-refractivity contribution in [2.75, 3.05) is 5.32 Å². The minimum absolute atomic E-state index is 0.174. The molecule has 6 heteroatoms. The number of carbonyl (C=O) groups is 1. The molecular weight excluding hydrogens is 335 g/mol. The summed E-state index contributed by atoms with van der Waals surface area (Å²) in [5, 5.41) is 2.14. The molecule has 0 spiro atoms. The largest absolute Gasteiger partial charge is 0.321 e. The molecule has 1 amide bonds. The summed E-state index contributed by atoms with van der Waals surface area (Å²) in [6, 6.07) is 7.53. The van der Waals surface area contributed by atoms with Gasteiger partial charge in [0.25, 0.3) is 0 Å². The first-order chi connectivity index (χ1) is 9.45. The third-order valence-electron chi connectivity index (χ3n) is 2.53. The zero-order valence-corrected chi connectivity index (χ0v) is 11.7. The number of nitrogens with one attached hydrogen (secondary N) is 1. The number of hydrogen-bond acceptors (Lipinski definition) is 1. The lowest BCUT2D eigenvalue weighted by molar-refractivity contribution is -0.115. The quantitative estimate of drug-likeness (QED) is 0.894. The first-order valence-electron chi connectivity index (χ1n) is 5.64. The van der Waals surface area contributed by atoms with Crippen molar-refractivity contribution in [3.8, 4) is 0 Å². The molecule has 104 valence electrons. The van der Waals surface area contributed by atoms with Gasteiger partial charge in [0.15, 0.2) is 11.6 Å². The van der Waals surface area contributed by atoms with Gasteiger partial charge in [-0.3, -0.25) is 4.79 Å². The molecule has 0 aliphatic rings. The van der Waals surface area contributed by atoms with Crippen LogP contribution < -0.4 is 5.32 Å². The summed E-state index contributed by atoms with van der Waals surface area (Å²) in [7, 11) is 0. The van der Waals surface area contributed by atoms with Gasteiger partial charge < -0.3 is 5.32 Å². The van der Waals surface area contributed by atoms with Crippen LogP contribution >= 0.6 is 15.9 Å². The molecular formula is C14H9BrF3NO. The SMILES string of the molecule is O=C(Cc1cccc(F)c1)Nc1c(F)cc(Br)cc1F. The standard InChI is InChI=1S/C14H9BrF3NO/c15-9-6-11(17)14(12(18)7-9)19-13(20)5-8-2-1-3-10(16)4-8/h1-4,6-7H,5H2,(H,19,20). The van der Waals surface area contributed by atoms with Crippen LogP contribution in [0.4, 0.5) is 18.9 Å². The summed E-state index contributed by atoms with van der Waals surface area (Å²) in [6.45, 7) is 0. The van der Waals surface area contributed by atoms with Gasteiger partial charge in [0.1, 0.15) is 11.5 Å². The van der Waals surface area contributed by atoms with Crippen LogP contribution in [0.2, 0.25) is 0 Å². The van der Waals surface area contributed by atoms with Gasteiger partial charge in [0, 0.05) is 4.47 Å². The first kappa shape index (κ1) is 14.6. The lowest BCUT2D eigenvalue weighted by Crippen LogP contribution is -2.16. The van der Waals surface area contributed by atoms with E-state index in [9.17, 15) is 18.0 Å². The van der Waals surface area contributed by atoms with Crippen LogP contribution in [0.5, 0.6) is 0 Å². The summed E-state index contributed by atoms with van der Waals surface area (Å²) >= 11 is 2.94. The Morgan fingerprint density at radius 1 is 1.10 bits per heavy atom. The molecule has 0 aliphatic carbocycles. The van der Waals surface area contributed by atoms with E-state index in [1.807, 2.05) is 0 Å². The Bertz CT molecular complexity index is 638. The van der Waals surface area contributed by atoms with Gasteiger partial charge in [-0.05, 0) is 29.8 Å². The number of carbonyl (C=O) groups excluding carboxylic acids is 1. The molecule has 2 aromatic carbocycles. The van der Waals surface area contributed by atoms with Gasteiger partial charge >= 0.3 is 0 Å². The minimum atomic E-state index is -0.885. The molecule has 0 fully saturated rings. The van der Waals surface area contributed by atoms with Crippen molar-refractivity contribution in [2.24, 2.45) is 0 Å². The summed E-state index contributed by atoms with van der Waals surface area (Å²) in [5.41, 5.74) is -0.102. The van der Waals surface area contributed by atoms with Gasteiger partial charge in [-0.25, -0.2) is 13.2 Å². The fourth-order valence-electron chi connectivity index (χ4n) is 1.68. The van der Waals surface area contributed by atoms with Crippen LogP contribution in [-0.2, 0) is 11.2 Å². The number of amides is 1. The summed E-state index contributed by atoms with van der Waals surface area (Å²) in [5.74, 6) is -2.87. The van der Waals surface area contributed by atoms with E-state index in [1.54, 1.807) is 6.07 Å². The second-order valence-corrected chi connectivity index (χ2v) is 5.01. The Hall–Kier alpha value is -1.82. The molecule has 0 unspecified atom stereocenters. The molecule has 0 aliphatic heterocycles. The maximum atomic E-state index is 13.5. The monoisotopic (exact) mass is 343 g/mol. The summed E-state index contributed by atoms with van der Waals surface area (Å²) in [4.78, 5) is 11.7. The molecule has 20 heavy (non-hydrogen) atoms. The van der Waals surface area contributed by atoms with Gasteiger partial charge in [-0.1, -0.05) is 28.1 Å². The topological polar surface area (TPSA) is 29.1 Å². The van der Waals surface area contributed by atoms with Crippen LogP contribution in [0.15, 0.2) is 40.9 Å². The fraction of sp³-hybridized carbons (Fsp3) is 0.0714. The predicted octanol–water partition coefficient (Wildman–Crippen LogP) is 4.05. The van der Waals surface area contributed by atoms with E-state index < -0.39 is 29.0 Å². The minimum Gasteiger partial charge on any atom is -0.321 e. The average molecular weight is 344 g/mol. The lowest BCUT2D eigenvalue weighted by Gasteiger charge is -2.08. The van der Waals surface area contributed by atoms with Crippen LogP contribution in [0.3, 0.4) is 0 Å². The molecule has 2 nitrogen and oxygen atoms in total. The zero-order valence-electron chi connectivity index (χ0n) is 10.1. The Morgan fingerprint density at radius 3 is 2.35 bits per heavy atom. The Labute approximate surface area is 121 Å². The Morgan fingerprint density at radius 2 is 1.75 bits per heavy atom. The number of anilines is 1. The van der Waals surface area contributed by atoms with Gasteiger partial charge in [0.05, 0.1) is 6.42 Å². The van der Waals surface area contributed by atoms with E-state index in [4.69, 9.17) is 0 Å². The number of halogens is 4. The van der Waals surface area contributed by atoms with Crippen LogP contribution in [0.1, 0.15) is 5.56 Å². The van der Waals surface area contributed by atoms with Crippen molar-refractivity contribution in [3.63, 3.8) is 0 Å². The van der Waals surface area contributed by atoms with E-state index in [-0.39, 0.29) is 10.9 Å². The molecule has 2 aromatic rings. The van der Waals surface area contributed by atoms with Crippen molar-refractivity contribution >= 4 is 27.5 Å². The lowest BCUT2D eigenvalue weighted by atomic mass is 10.1. The Balaban J connectivity index is 2.13. The van der Waals surface area contributed by atoms with E-state index in [0.717, 1.165) is 12.1 Å². The van der Waals surface area contributed by atoms with Crippen molar-refractivity contribution in [1.82, 2.24) is 0 Å². The predicted molar refractivity (Wildman–Crippen MR) is 72.8 cm³/mol. The van der Waals surface area contributed by atoms with Gasteiger partial charge in [-0.15, -0.1) is 0 Å².